The van der Waals surface area contributed by atoms with E-state index in [1.807, 2.05) is 30.3 Å². The predicted molar refractivity (Wildman–Crippen MR) is 40.8 cm³/mol. The quantitative estimate of drug-likeness (QED) is 0.392. The Morgan fingerprint density at radius 2 is 1.92 bits per heavy atom. The van der Waals surface area contributed by atoms with Crippen LogP contribution in [0.4, 0.5) is 0 Å². The SMILES string of the molecule is [Li+].[c-]1ncc(-c2ccccc2)o1. The first-order chi connectivity index (χ1) is 5.47. The fraction of sp³-hybridized carbons (Fsp3) is 0. The van der Waals surface area contributed by atoms with Gasteiger partial charge < -0.3 is 9.40 Å². The Balaban J connectivity index is 0.000000720. The number of oxazole rings is 1. The van der Waals surface area contributed by atoms with E-state index in [1.165, 1.54) is 0 Å². The third-order valence-electron chi connectivity index (χ3n) is 1.45. The van der Waals surface area contributed by atoms with E-state index in [0.29, 0.717) is 0 Å². The summed E-state index contributed by atoms with van der Waals surface area (Å²) < 4.78 is 4.98. The number of rotatable bonds is 1. The van der Waals surface area contributed by atoms with E-state index in [-0.39, 0.29) is 18.9 Å². The van der Waals surface area contributed by atoms with Crippen LogP contribution in [0.3, 0.4) is 0 Å². The van der Waals surface area contributed by atoms with Gasteiger partial charge in [-0.05, 0) is 5.76 Å². The Hall–Kier alpha value is -0.973. The maximum atomic E-state index is 4.98. The molecular formula is C9H6LiNO. The molecule has 12 heavy (non-hydrogen) atoms. The summed E-state index contributed by atoms with van der Waals surface area (Å²) in [4.78, 5) is 3.71. The molecule has 2 nitrogen and oxygen atoms in total. The van der Waals surface area contributed by atoms with Gasteiger partial charge in [0.2, 0.25) is 0 Å². The first-order valence-corrected chi connectivity index (χ1v) is 3.34. The summed E-state index contributed by atoms with van der Waals surface area (Å²) in [6.45, 7) is 0. The molecule has 3 heteroatoms. The second-order valence-corrected chi connectivity index (χ2v) is 2.18. The van der Waals surface area contributed by atoms with Gasteiger partial charge in [0.05, 0.1) is 0 Å². The smallest absolute Gasteiger partial charge is 0.573 e. The maximum Gasteiger partial charge on any atom is 1.00 e. The van der Waals surface area contributed by atoms with Gasteiger partial charge in [-0.1, -0.05) is 42.1 Å². The molecule has 0 fully saturated rings. The van der Waals surface area contributed by atoms with E-state index in [2.05, 4.69) is 11.4 Å². The zero-order valence-electron chi connectivity index (χ0n) is 6.82. The van der Waals surface area contributed by atoms with E-state index in [4.69, 9.17) is 4.42 Å². The summed E-state index contributed by atoms with van der Waals surface area (Å²) >= 11 is 0. The van der Waals surface area contributed by atoms with Gasteiger partial charge in [-0.15, -0.1) is 0 Å². The Morgan fingerprint density at radius 1 is 1.17 bits per heavy atom. The van der Waals surface area contributed by atoms with E-state index in [0.717, 1.165) is 11.3 Å². The van der Waals surface area contributed by atoms with Crippen molar-refractivity contribution in [1.82, 2.24) is 4.98 Å². The zero-order valence-corrected chi connectivity index (χ0v) is 6.82. The third kappa shape index (κ3) is 1.79. The Kier molecular flexibility index (Phi) is 3.16. The summed E-state index contributed by atoms with van der Waals surface area (Å²) in [6, 6.07) is 9.81. The van der Waals surface area contributed by atoms with Gasteiger partial charge in [-0.3, -0.25) is 0 Å². The second kappa shape index (κ2) is 4.15. The standard InChI is InChI=1S/C9H6NO.Li/c1-2-4-8(5-3-1)9-6-10-7-11-9;/h1-6H;/q-1;+1. The minimum absolute atomic E-state index is 0. The van der Waals surface area contributed by atoms with Gasteiger partial charge in [0.15, 0.2) is 0 Å². The molecule has 0 spiro atoms. The van der Waals surface area contributed by atoms with E-state index < -0.39 is 0 Å². The minimum Gasteiger partial charge on any atom is -0.573 e. The molecule has 0 unspecified atom stereocenters. The van der Waals surface area contributed by atoms with Gasteiger partial charge in [0, 0.05) is 0 Å². The molecule has 0 aliphatic rings. The van der Waals surface area contributed by atoms with E-state index in [9.17, 15) is 0 Å². The number of nitrogens with zero attached hydrogens (tertiary/aromatic N) is 1. The molecule has 1 heterocycles. The molecular weight excluding hydrogens is 145 g/mol. The molecule has 0 aliphatic carbocycles. The van der Waals surface area contributed by atoms with Crippen LogP contribution in [0.25, 0.3) is 11.3 Å². The topological polar surface area (TPSA) is 26.0 Å². The van der Waals surface area contributed by atoms with Crippen LogP contribution in [0.1, 0.15) is 0 Å². The van der Waals surface area contributed by atoms with Gasteiger partial charge in [0.25, 0.3) is 0 Å². The second-order valence-electron chi connectivity index (χ2n) is 2.18. The average Bonchev–Trinajstić information content (AvgIpc) is 2.58. The van der Waals surface area contributed by atoms with Gasteiger partial charge in [0.1, 0.15) is 6.39 Å². The summed E-state index contributed by atoms with van der Waals surface area (Å²) in [5, 5.41) is 0. The van der Waals surface area contributed by atoms with Crippen LogP contribution in [0.5, 0.6) is 0 Å². The Morgan fingerprint density at radius 3 is 2.50 bits per heavy atom. The zero-order chi connectivity index (χ0) is 7.52. The van der Waals surface area contributed by atoms with Crippen LogP contribution >= 0.6 is 0 Å². The molecule has 1 aromatic heterocycles. The van der Waals surface area contributed by atoms with Gasteiger partial charge in [-0.25, -0.2) is 0 Å². The molecule has 0 bridgehead atoms. The molecule has 1 aromatic carbocycles. The molecule has 0 saturated carbocycles. The number of aromatic nitrogens is 1. The third-order valence-corrected chi connectivity index (χ3v) is 1.45. The first kappa shape index (κ1) is 9.12. The van der Waals surface area contributed by atoms with Crippen LogP contribution in [0.2, 0.25) is 0 Å². The molecule has 0 aliphatic heterocycles. The summed E-state index contributed by atoms with van der Waals surface area (Å²) in [5.74, 6) is 0.755. The number of hydrogen-bond acceptors (Lipinski definition) is 2. The monoisotopic (exact) mass is 151 g/mol. The average molecular weight is 151 g/mol. The van der Waals surface area contributed by atoms with Crippen molar-refractivity contribution in [2.24, 2.45) is 0 Å². The van der Waals surface area contributed by atoms with E-state index in [1.54, 1.807) is 6.20 Å². The molecule has 0 amide bonds. The molecule has 0 radical (unpaired) electrons. The van der Waals surface area contributed by atoms with Crippen molar-refractivity contribution in [3.05, 3.63) is 42.9 Å². The van der Waals surface area contributed by atoms with Crippen LogP contribution in [-0.4, -0.2) is 4.98 Å². The number of hydrogen-bond donors (Lipinski definition) is 0. The molecule has 2 aromatic rings. The molecule has 0 N–H and O–H groups in total. The van der Waals surface area contributed by atoms with Gasteiger partial charge in [-0.2, -0.15) is 0 Å². The van der Waals surface area contributed by atoms with Crippen molar-refractivity contribution in [3.63, 3.8) is 0 Å². The van der Waals surface area contributed by atoms with Crippen molar-refractivity contribution < 1.29 is 23.3 Å². The number of benzene rings is 1. The Bertz CT molecular complexity index is 318. The fourth-order valence-corrected chi connectivity index (χ4v) is 0.923. The molecule has 0 saturated heterocycles. The minimum atomic E-state index is 0. The summed E-state index contributed by atoms with van der Waals surface area (Å²) in [7, 11) is 0. The van der Waals surface area contributed by atoms with Crippen molar-refractivity contribution in [2.75, 3.05) is 0 Å². The van der Waals surface area contributed by atoms with Crippen molar-refractivity contribution in [3.8, 4) is 11.3 Å². The molecule has 54 valence electrons. The maximum absolute atomic E-state index is 4.98. The van der Waals surface area contributed by atoms with Crippen LogP contribution in [0.15, 0.2) is 40.9 Å². The normalized spacial score (nSPS) is 9.00. The van der Waals surface area contributed by atoms with Crippen LogP contribution in [0, 0.1) is 6.39 Å². The van der Waals surface area contributed by atoms with Crippen molar-refractivity contribution in [2.45, 2.75) is 0 Å². The van der Waals surface area contributed by atoms with Crippen LogP contribution in [-0.2, 0) is 0 Å². The van der Waals surface area contributed by atoms with E-state index >= 15 is 0 Å². The fourth-order valence-electron chi connectivity index (χ4n) is 0.923. The first-order valence-electron chi connectivity index (χ1n) is 3.34. The summed E-state index contributed by atoms with van der Waals surface area (Å²) in [6.07, 6.45) is 4.05. The predicted octanol–water partition coefficient (Wildman–Crippen LogP) is -0.854. The summed E-state index contributed by atoms with van der Waals surface area (Å²) in [5.41, 5.74) is 1.03. The van der Waals surface area contributed by atoms with Crippen molar-refractivity contribution >= 4 is 0 Å². The molecule has 0 atom stereocenters. The van der Waals surface area contributed by atoms with Crippen molar-refractivity contribution in [1.29, 1.82) is 0 Å². The Labute approximate surface area is 82.8 Å². The largest absolute Gasteiger partial charge is 1.00 e. The van der Waals surface area contributed by atoms with Gasteiger partial charge >= 0.3 is 18.9 Å². The van der Waals surface area contributed by atoms with Crippen LogP contribution < -0.4 is 18.9 Å². The molecule has 2 rings (SSSR count).